The first-order chi connectivity index (χ1) is 35.7. The lowest BCUT2D eigenvalue weighted by Crippen LogP contribution is -2.09. The van der Waals surface area contributed by atoms with Gasteiger partial charge in [-0.1, -0.05) is 206 Å². The number of hydrogen-bond acceptors (Lipinski definition) is 4. The van der Waals surface area contributed by atoms with Crippen LogP contribution in [0.4, 0.5) is 34.1 Å². The monoisotopic (exact) mass is 920 g/mol. The Morgan fingerprint density at radius 1 is 0.181 bits per heavy atom. The maximum atomic E-state index is 5.24. The Morgan fingerprint density at radius 2 is 0.431 bits per heavy atom. The molecule has 0 aliphatic heterocycles. The summed E-state index contributed by atoms with van der Waals surface area (Å²) >= 11 is 0. The molecule has 1 aromatic heterocycles. The van der Waals surface area contributed by atoms with Crippen LogP contribution in [-0.4, -0.2) is 9.97 Å². The van der Waals surface area contributed by atoms with E-state index in [0.717, 1.165) is 89.9 Å². The van der Waals surface area contributed by atoms with E-state index in [0.29, 0.717) is 0 Å². The van der Waals surface area contributed by atoms with Crippen LogP contribution in [0.1, 0.15) is 0 Å². The summed E-state index contributed by atoms with van der Waals surface area (Å²) in [6.07, 6.45) is 0. The summed E-state index contributed by atoms with van der Waals surface area (Å²) in [5, 5.41) is 0. The maximum absolute atomic E-state index is 5.24. The zero-order valence-corrected chi connectivity index (χ0v) is 39.5. The minimum Gasteiger partial charge on any atom is -0.310 e. The van der Waals surface area contributed by atoms with Gasteiger partial charge in [-0.2, -0.15) is 0 Å². The fraction of sp³-hybridized carbons (Fsp3) is 0. The zero-order valence-electron chi connectivity index (χ0n) is 39.5. The first kappa shape index (κ1) is 43.6. The van der Waals surface area contributed by atoms with Gasteiger partial charge in [0.05, 0.1) is 22.4 Å². The van der Waals surface area contributed by atoms with Crippen LogP contribution in [0.25, 0.3) is 78.1 Å². The third-order valence-corrected chi connectivity index (χ3v) is 13.3. The number of para-hydroxylation sites is 4. The molecule has 12 aromatic rings. The highest BCUT2D eigenvalue weighted by molar-refractivity contribution is 5.88. The highest BCUT2D eigenvalue weighted by atomic mass is 15.1. The van der Waals surface area contributed by atoms with Gasteiger partial charge in [0, 0.05) is 45.3 Å². The number of aromatic nitrogens is 2. The van der Waals surface area contributed by atoms with Gasteiger partial charge in [0.1, 0.15) is 0 Å². The van der Waals surface area contributed by atoms with Crippen LogP contribution < -0.4 is 9.80 Å². The number of nitrogens with zero attached hydrogens (tertiary/aromatic N) is 4. The molecule has 0 amide bonds. The fourth-order valence-electron chi connectivity index (χ4n) is 9.61. The van der Waals surface area contributed by atoms with E-state index in [1.54, 1.807) is 0 Å². The molecule has 0 spiro atoms. The van der Waals surface area contributed by atoms with E-state index in [2.05, 4.69) is 277 Å². The third kappa shape index (κ3) is 9.04. The molecule has 0 aliphatic rings. The SMILES string of the molecule is c1ccc(-c2cccc(N(c3ccccc3)c3ccc(-c4ccc(-c5nc6ccccc6nc5-c5ccc(-c6ccc(N(c7ccccc7)c7cccc(-c8ccccc8)c7)cc6)cc5)cc4)cc3)c2)cc1. The number of fused-ring (bicyclic) bond motifs is 1. The molecule has 12 rings (SSSR count). The third-order valence-electron chi connectivity index (χ3n) is 13.3. The van der Waals surface area contributed by atoms with Crippen molar-refractivity contribution >= 4 is 45.2 Å². The van der Waals surface area contributed by atoms with Crippen LogP contribution in [-0.2, 0) is 0 Å². The Bertz CT molecular complexity index is 3500. The standard InChI is InChI=1S/C68H48N4/c1-5-17-49(18-6-1)57-21-15-27-63(47-57)71(59-23-9-3-10-24-59)61-43-39-53(40-44-61)51-31-35-55(36-32-51)67-68(70-66-30-14-13-29-65(66)69-67)56-37-33-52(34-38-56)54-41-45-62(46-42-54)72(60-25-11-4-12-26-60)64-28-16-22-58(48-64)50-19-7-2-8-20-50/h1-48H. The largest absolute Gasteiger partial charge is 0.310 e. The minimum absolute atomic E-state index is 0.848. The number of hydrogen-bond donors (Lipinski definition) is 0. The second kappa shape index (κ2) is 19.8. The molecule has 4 heteroatoms. The van der Waals surface area contributed by atoms with Gasteiger partial charge in [-0.15, -0.1) is 0 Å². The lowest BCUT2D eigenvalue weighted by Gasteiger charge is -2.26. The predicted octanol–water partition coefficient (Wildman–Crippen LogP) is 18.6. The average molecular weight is 921 g/mol. The molecule has 0 atom stereocenters. The fourth-order valence-corrected chi connectivity index (χ4v) is 9.61. The Balaban J connectivity index is 0.820. The molecule has 72 heavy (non-hydrogen) atoms. The van der Waals surface area contributed by atoms with Crippen molar-refractivity contribution in [2.45, 2.75) is 0 Å². The number of rotatable bonds is 12. The van der Waals surface area contributed by atoms with E-state index in [-0.39, 0.29) is 0 Å². The molecule has 0 fully saturated rings. The van der Waals surface area contributed by atoms with Crippen molar-refractivity contribution in [3.63, 3.8) is 0 Å². The van der Waals surface area contributed by atoms with Crippen molar-refractivity contribution in [3.05, 3.63) is 291 Å². The van der Waals surface area contributed by atoms with Crippen LogP contribution in [0.2, 0.25) is 0 Å². The van der Waals surface area contributed by atoms with E-state index in [4.69, 9.17) is 9.97 Å². The second-order valence-electron chi connectivity index (χ2n) is 17.8. The smallest absolute Gasteiger partial charge is 0.0973 e. The van der Waals surface area contributed by atoms with Gasteiger partial charge >= 0.3 is 0 Å². The quantitative estimate of drug-likeness (QED) is 0.122. The van der Waals surface area contributed by atoms with Crippen LogP contribution in [0.5, 0.6) is 0 Å². The number of anilines is 6. The zero-order chi connectivity index (χ0) is 48.1. The predicted molar refractivity (Wildman–Crippen MR) is 302 cm³/mol. The molecule has 0 radical (unpaired) electrons. The van der Waals surface area contributed by atoms with Gasteiger partial charge in [-0.05, 0) is 129 Å². The van der Waals surface area contributed by atoms with E-state index < -0.39 is 0 Å². The first-order valence-corrected chi connectivity index (χ1v) is 24.4. The lowest BCUT2D eigenvalue weighted by molar-refractivity contribution is 1.28. The van der Waals surface area contributed by atoms with E-state index in [1.165, 1.54) is 22.3 Å². The van der Waals surface area contributed by atoms with Gasteiger partial charge in [0.15, 0.2) is 0 Å². The molecular formula is C68H48N4. The summed E-state index contributed by atoms with van der Waals surface area (Å²) in [7, 11) is 0. The van der Waals surface area contributed by atoms with E-state index >= 15 is 0 Å². The molecule has 1 heterocycles. The van der Waals surface area contributed by atoms with Gasteiger partial charge in [-0.25, -0.2) is 9.97 Å². The van der Waals surface area contributed by atoms with Gasteiger partial charge < -0.3 is 9.80 Å². The first-order valence-electron chi connectivity index (χ1n) is 24.4. The van der Waals surface area contributed by atoms with Crippen LogP contribution in [0, 0.1) is 0 Å². The molecule has 0 N–H and O–H groups in total. The summed E-state index contributed by atoms with van der Waals surface area (Å²) in [6.45, 7) is 0. The van der Waals surface area contributed by atoms with Crippen LogP contribution in [0.3, 0.4) is 0 Å². The molecule has 0 saturated heterocycles. The highest BCUT2D eigenvalue weighted by Gasteiger charge is 2.18. The van der Waals surface area contributed by atoms with Crippen LogP contribution in [0.15, 0.2) is 291 Å². The van der Waals surface area contributed by atoms with Gasteiger partial charge in [-0.3, -0.25) is 0 Å². The molecule has 340 valence electrons. The topological polar surface area (TPSA) is 32.3 Å². The summed E-state index contributed by atoms with van der Waals surface area (Å²) in [5.41, 5.74) is 21.3. The Morgan fingerprint density at radius 3 is 0.792 bits per heavy atom. The second-order valence-corrected chi connectivity index (χ2v) is 17.8. The summed E-state index contributed by atoms with van der Waals surface area (Å²) in [5.74, 6) is 0. The molecule has 0 unspecified atom stereocenters. The van der Waals surface area contributed by atoms with Crippen molar-refractivity contribution in [1.29, 1.82) is 0 Å². The normalized spacial score (nSPS) is 11.1. The summed E-state index contributed by atoms with van der Waals surface area (Å²) in [4.78, 5) is 15.1. The Hall–Kier alpha value is -9.64. The molecular weight excluding hydrogens is 873 g/mol. The lowest BCUT2D eigenvalue weighted by atomic mass is 9.98. The Kier molecular flexibility index (Phi) is 12.0. The summed E-state index contributed by atoms with van der Waals surface area (Å²) in [6, 6.07) is 103. The van der Waals surface area contributed by atoms with Crippen LogP contribution >= 0.6 is 0 Å². The molecule has 0 aliphatic carbocycles. The average Bonchev–Trinajstić information content (AvgIpc) is 3.47. The Labute approximate surface area is 421 Å². The van der Waals surface area contributed by atoms with E-state index in [9.17, 15) is 0 Å². The minimum atomic E-state index is 0.848. The van der Waals surface area contributed by atoms with Gasteiger partial charge in [0.2, 0.25) is 0 Å². The van der Waals surface area contributed by atoms with Crippen molar-refractivity contribution in [1.82, 2.24) is 9.97 Å². The van der Waals surface area contributed by atoms with Crippen molar-refractivity contribution in [3.8, 4) is 67.0 Å². The molecule has 11 aromatic carbocycles. The maximum Gasteiger partial charge on any atom is 0.0973 e. The van der Waals surface area contributed by atoms with E-state index in [1.807, 2.05) is 24.3 Å². The van der Waals surface area contributed by atoms with Crippen molar-refractivity contribution in [2.24, 2.45) is 0 Å². The highest BCUT2D eigenvalue weighted by Crippen LogP contribution is 2.40. The van der Waals surface area contributed by atoms with Crippen molar-refractivity contribution in [2.75, 3.05) is 9.80 Å². The van der Waals surface area contributed by atoms with Gasteiger partial charge in [0.25, 0.3) is 0 Å². The summed E-state index contributed by atoms with van der Waals surface area (Å²) < 4.78 is 0. The molecule has 4 nitrogen and oxygen atoms in total. The molecule has 0 saturated carbocycles. The van der Waals surface area contributed by atoms with Crippen molar-refractivity contribution < 1.29 is 0 Å². The molecule has 0 bridgehead atoms. The number of benzene rings is 11.